The van der Waals surface area contributed by atoms with Crippen LogP contribution in [-0.4, -0.2) is 36.8 Å². The molecule has 1 aromatic rings. The molecular formula is C10H18N4O. The average Bonchev–Trinajstić information content (AvgIpc) is 2.87. The maximum atomic E-state index is 5.19. The quantitative estimate of drug-likeness (QED) is 0.729. The minimum absolute atomic E-state index is 0.757. The summed E-state index contributed by atoms with van der Waals surface area (Å²) in [6.07, 6.45) is 4.38. The number of hydrogen-bond acceptors (Lipinski definition) is 5. The number of aromatic nitrogens is 2. The van der Waals surface area contributed by atoms with Gasteiger partial charge in [0.15, 0.2) is 0 Å². The number of nitrogens with zero attached hydrogens (tertiary/aromatic N) is 3. The molecule has 0 amide bonds. The van der Waals surface area contributed by atoms with Gasteiger partial charge in [0.1, 0.15) is 0 Å². The molecule has 0 atom stereocenters. The van der Waals surface area contributed by atoms with Gasteiger partial charge in [-0.2, -0.15) is 4.98 Å². The largest absolute Gasteiger partial charge is 0.338 e. The Kier molecular flexibility index (Phi) is 3.55. The normalized spacial score (nSPS) is 16.2. The van der Waals surface area contributed by atoms with Gasteiger partial charge in [-0.15, -0.1) is 0 Å². The van der Waals surface area contributed by atoms with E-state index >= 15 is 0 Å². The summed E-state index contributed by atoms with van der Waals surface area (Å²) < 4.78 is 5.19. The Balaban J connectivity index is 1.86. The highest BCUT2D eigenvalue weighted by Gasteiger charge is 2.17. The topological polar surface area (TPSA) is 54.2 Å². The van der Waals surface area contributed by atoms with Crippen molar-refractivity contribution in [1.82, 2.24) is 15.5 Å². The highest BCUT2D eigenvalue weighted by atomic mass is 16.5. The second-order valence-electron chi connectivity index (χ2n) is 3.89. The van der Waals surface area contributed by atoms with Crippen LogP contribution in [0.3, 0.4) is 0 Å². The molecular weight excluding hydrogens is 192 g/mol. The minimum atomic E-state index is 0.757. The standard InChI is InChI=1S/C10H18N4O/c1-11-6-4-5-9-12-10(13-15-9)14-7-2-3-8-14/h11H,2-8H2,1H3. The first kappa shape index (κ1) is 10.4. The van der Waals surface area contributed by atoms with Gasteiger partial charge < -0.3 is 14.7 Å². The van der Waals surface area contributed by atoms with Gasteiger partial charge in [0.25, 0.3) is 5.95 Å². The molecule has 1 aliphatic rings. The highest BCUT2D eigenvalue weighted by molar-refractivity contribution is 5.28. The third kappa shape index (κ3) is 2.68. The number of rotatable bonds is 5. The van der Waals surface area contributed by atoms with Gasteiger partial charge in [0.05, 0.1) is 0 Å². The molecule has 1 saturated heterocycles. The average molecular weight is 210 g/mol. The van der Waals surface area contributed by atoms with Crippen LogP contribution in [0.2, 0.25) is 0 Å². The zero-order chi connectivity index (χ0) is 10.5. The van der Waals surface area contributed by atoms with Crippen LogP contribution in [0.15, 0.2) is 4.52 Å². The summed E-state index contributed by atoms with van der Waals surface area (Å²) in [5.41, 5.74) is 0. The van der Waals surface area contributed by atoms with Crippen LogP contribution < -0.4 is 10.2 Å². The number of anilines is 1. The van der Waals surface area contributed by atoms with Crippen molar-refractivity contribution in [1.29, 1.82) is 0 Å². The molecule has 0 aromatic carbocycles. The van der Waals surface area contributed by atoms with Crippen molar-refractivity contribution in [3.05, 3.63) is 5.89 Å². The molecule has 5 heteroatoms. The van der Waals surface area contributed by atoms with Crippen molar-refractivity contribution in [3.8, 4) is 0 Å². The summed E-state index contributed by atoms with van der Waals surface area (Å²) in [5, 5.41) is 7.10. The van der Waals surface area contributed by atoms with Crippen LogP contribution in [0, 0.1) is 0 Å². The maximum Gasteiger partial charge on any atom is 0.266 e. The van der Waals surface area contributed by atoms with Gasteiger partial charge in [-0.25, -0.2) is 0 Å². The smallest absolute Gasteiger partial charge is 0.266 e. The van der Waals surface area contributed by atoms with E-state index in [1.807, 2.05) is 7.05 Å². The highest BCUT2D eigenvalue weighted by Crippen LogP contribution is 2.16. The summed E-state index contributed by atoms with van der Waals surface area (Å²) in [6.45, 7) is 3.12. The van der Waals surface area contributed by atoms with E-state index < -0.39 is 0 Å². The number of hydrogen-bond donors (Lipinski definition) is 1. The molecule has 0 saturated carbocycles. The van der Waals surface area contributed by atoms with Crippen LogP contribution in [0.5, 0.6) is 0 Å². The van der Waals surface area contributed by atoms with Crippen LogP contribution in [0.25, 0.3) is 0 Å². The van der Waals surface area contributed by atoms with Crippen molar-refractivity contribution < 1.29 is 4.52 Å². The molecule has 2 rings (SSSR count). The van der Waals surface area contributed by atoms with Gasteiger partial charge in [-0.3, -0.25) is 0 Å². The van der Waals surface area contributed by atoms with Gasteiger partial charge >= 0.3 is 0 Å². The van der Waals surface area contributed by atoms with E-state index in [1.54, 1.807) is 0 Å². The van der Waals surface area contributed by atoms with Crippen molar-refractivity contribution >= 4 is 5.95 Å². The first-order valence-electron chi connectivity index (χ1n) is 5.62. The fourth-order valence-electron chi connectivity index (χ4n) is 1.81. The molecule has 2 heterocycles. The molecule has 0 unspecified atom stereocenters. The first-order chi connectivity index (χ1) is 7.40. The molecule has 0 spiro atoms. The molecule has 84 valence electrons. The summed E-state index contributed by atoms with van der Waals surface area (Å²) in [4.78, 5) is 6.57. The Morgan fingerprint density at radius 2 is 2.20 bits per heavy atom. The fraction of sp³-hybridized carbons (Fsp3) is 0.800. The SMILES string of the molecule is CNCCCc1nc(N2CCCC2)no1. The van der Waals surface area contributed by atoms with E-state index in [9.17, 15) is 0 Å². The van der Waals surface area contributed by atoms with Gasteiger partial charge in [0.2, 0.25) is 5.89 Å². The molecule has 15 heavy (non-hydrogen) atoms. The predicted octanol–water partition coefficient (Wildman–Crippen LogP) is 0.822. The molecule has 1 aromatic heterocycles. The summed E-state index contributed by atoms with van der Waals surface area (Å²) in [5.74, 6) is 1.53. The zero-order valence-electron chi connectivity index (χ0n) is 9.20. The Hall–Kier alpha value is -1.10. The molecule has 0 bridgehead atoms. The van der Waals surface area contributed by atoms with Crippen LogP contribution >= 0.6 is 0 Å². The van der Waals surface area contributed by atoms with Gasteiger partial charge in [-0.05, 0) is 38.0 Å². The first-order valence-corrected chi connectivity index (χ1v) is 5.62. The lowest BCUT2D eigenvalue weighted by Crippen LogP contribution is -2.18. The monoisotopic (exact) mass is 210 g/mol. The second-order valence-corrected chi connectivity index (χ2v) is 3.89. The van der Waals surface area contributed by atoms with Crippen molar-refractivity contribution in [2.75, 3.05) is 31.6 Å². The van der Waals surface area contributed by atoms with Crippen molar-refractivity contribution in [2.45, 2.75) is 25.7 Å². The lowest BCUT2D eigenvalue weighted by Gasteiger charge is -2.09. The van der Waals surface area contributed by atoms with Crippen LogP contribution in [0.4, 0.5) is 5.95 Å². The fourth-order valence-corrected chi connectivity index (χ4v) is 1.81. The van der Waals surface area contributed by atoms with E-state index in [1.165, 1.54) is 12.8 Å². The van der Waals surface area contributed by atoms with E-state index in [0.717, 1.165) is 44.3 Å². The molecule has 1 N–H and O–H groups in total. The predicted molar refractivity (Wildman–Crippen MR) is 58.0 cm³/mol. The molecule has 0 radical (unpaired) electrons. The summed E-state index contributed by atoms with van der Waals surface area (Å²) in [6, 6.07) is 0. The van der Waals surface area contributed by atoms with Crippen molar-refractivity contribution in [2.24, 2.45) is 0 Å². The summed E-state index contributed by atoms with van der Waals surface area (Å²) in [7, 11) is 1.95. The van der Waals surface area contributed by atoms with Gasteiger partial charge in [-0.1, -0.05) is 0 Å². The van der Waals surface area contributed by atoms with Crippen molar-refractivity contribution in [3.63, 3.8) is 0 Å². The third-order valence-electron chi connectivity index (χ3n) is 2.66. The molecule has 5 nitrogen and oxygen atoms in total. The second kappa shape index (κ2) is 5.11. The number of nitrogens with one attached hydrogen (secondary N) is 1. The Morgan fingerprint density at radius 1 is 1.40 bits per heavy atom. The van der Waals surface area contributed by atoms with E-state index in [2.05, 4.69) is 20.4 Å². The van der Waals surface area contributed by atoms with Crippen LogP contribution in [0.1, 0.15) is 25.2 Å². The molecule has 0 aliphatic carbocycles. The van der Waals surface area contributed by atoms with E-state index in [4.69, 9.17) is 4.52 Å². The third-order valence-corrected chi connectivity index (χ3v) is 2.66. The maximum absolute atomic E-state index is 5.19. The Bertz CT molecular complexity index is 293. The minimum Gasteiger partial charge on any atom is -0.338 e. The Labute approximate surface area is 89.8 Å². The summed E-state index contributed by atoms with van der Waals surface area (Å²) >= 11 is 0. The Morgan fingerprint density at radius 3 is 2.93 bits per heavy atom. The molecule has 1 aliphatic heterocycles. The number of aryl methyl sites for hydroxylation is 1. The lowest BCUT2D eigenvalue weighted by molar-refractivity contribution is 0.374. The van der Waals surface area contributed by atoms with E-state index in [0.29, 0.717) is 0 Å². The zero-order valence-corrected chi connectivity index (χ0v) is 9.20. The molecule has 1 fully saturated rings. The van der Waals surface area contributed by atoms with E-state index in [-0.39, 0.29) is 0 Å². The van der Waals surface area contributed by atoms with Crippen LogP contribution in [-0.2, 0) is 6.42 Å². The van der Waals surface area contributed by atoms with Gasteiger partial charge in [0, 0.05) is 19.5 Å². The lowest BCUT2D eigenvalue weighted by atomic mass is 10.3.